The monoisotopic (exact) mass is 335 g/mol. The largest absolute Gasteiger partial charge is 0.497 e. The molecule has 114 valence electrons. The van der Waals surface area contributed by atoms with Gasteiger partial charge in [-0.05, 0) is 55.5 Å². The maximum Gasteiger partial charge on any atom is 0.279 e. The van der Waals surface area contributed by atoms with E-state index in [-0.39, 0.29) is 23.1 Å². The molecule has 0 bridgehead atoms. The molecule has 1 aromatic carbocycles. The lowest BCUT2D eigenvalue weighted by Crippen LogP contribution is -2.18. The summed E-state index contributed by atoms with van der Waals surface area (Å²) in [4.78, 5) is 16.9. The maximum atomic E-state index is 12.7. The summed E-state index contributed by atoms with van der Waals surface area (Å²) in [5.41, 5.74) is 2.07. The van der Waals surface area contributed by atoms with Gasteiger partial charge in [0.15, 0.2) is 5.65 Å². The van der Waals surface area contributed by atoms with Gasteiger partial charge in [-0.15, -0.1) is 12.4 Å². The van der Waals surface area contributed by atoms with E-state index in [2.05, 4.69) is 4.98 Å². The lowest BCUT2D eigenvalue weighted by molar-refractivity contribution is 0.0937. The third-order valence-electron chi connectivity index (χ3n) is 3.25. The summed E-state index contributed by atoms with van der Waals surface area (Å²) in [6, 6.07) is 12.5. The van der Waals surface area contributed by atoms with E-state index in [1.165, 1.54) is 4.68 Å². The molecule has 0 radical (unpaired) electrons. The molecule has 3 rings (SSSR count). The van der Waals surface area contributed by atoms with Crippen LogP contribution in [-0.4, -0.2) is 27.2 Å². The minimum atomic E-state index is -0.218. The zero-order chi connectivity index (χ0) is 15.0. The van der Waals surface area contributed by atoms with Crippen LogP contribution in [0.4, 0.5) is 0 Å². The molecule has 2 heterocycles. The van der Waals surface area contributed by atoms with Gasteiger partial charge in [-0.2, -0.15) is 9.67 Å². The van der Waals surface area contributed by atoms with Crippen molar-refractivity contribution in [2.75, 3.05) is 7.11 Å². The summed E-state index contributed by atoms with van der Waals surface area (Å²) in [6.07, 6.45) is 0. The van der Waals surface area contributed by atoms with Crippen LogP contribution in [0.25, 0.3) is 5.65 Å². The molecule has 22 heavy (non-hydrogen) atoms. The molecule has 2 aromatic heterocycles. The second-order valence-electron chi connectivity index (χ2n) is 4.58. The highest BCUT2D eigenvalue weighted by Gasteiger charge is 2.15. The fourth-order valence-corrected chi connectivity index (χ4v) is 2.46. The van der Waals surface area contributed by atoms with Crippen LogP contribution in [0.5, 0.6) is 5.75 Å². The Kier molecular flexibility index (Phi) is 4.63. The Morgan fingerprint density at radius 3 is 2.50 bits per heavy atom. The Bertz CT molecular complexity index is 884. The first kappa shape index (κ1) is 16.2. The summed E-state index contributed by atoms with van der Waals surface area (Å²) in [6.45, 7) is 1.90. The van der Waals surface area contributed by atoms with Crippen LogP contribution in [0.2, 0.25) is 0 Å². The van der Waals surface area contributed by atoms with Crippen LogP contribution in [-0.2, 0) is 0 Å². The number of halogens is 1. The second-order valence-corrected chi connectivity index (χ2v) is 4.94. The Balaban J connectivity index is 0.00000176. The topological polar surface area (TPSA) is 48.5 Å². The van der Waals surface area contributed by atoms with Gasteiger partial charge in [0.25, 0.3) is 5.91 Å². The average molecular weight is 336 g/mol. The molecule has 0 unspecified atom stereocenters. The van der Waals surface area contributed by atoms with Crippen molar-refractivity contribution < 1.29 is 9.53 Å². The van der Waals surface area contributed by atoms with Crippen molar-refractivity contribution in [1.82, 2.24) is 14.2 Å². The lowest BCUT2D eigenvalue weighted by atomic mass is 10.2. The number of methoxy groups -OCH3 is 1. The molecular formula is C15H14ClN3O2S. The Morgan fingerprint density at radius 1 is 1.18 bits per heavy atom. The number of hydrogen-bond donors (Lipinski definition) is 0. The summed E-state index contributed by atoms with van der Waals surface area (Å²) in [7, 11) is 1.58. The molecule has 0 atom stereocenters. The number of carbonyl (C=O) groups is 1. The number of aromatic nitrogens is 3. The molecule has 0 aliphatic rings. The summed E-state index contributed by atoms with van der Waals surface area (Å²) in [5.74, 6) is 0.480. The second kappa shape index (κ2) is 6.29. The van der Waals surface area contributed by atoms with E-state index in [0.717, 1.165) is 5.69 Å². The molecule has 7 heteroatoms. The van der Waals surface area contributed by atoms with Crippen LogP contribution in [0, 0.1) is 11.7 Å². The van der Waals surface area contributed by atoms with Crippen molar-refractivity contribution in [3.05, 3.63) is 58.5 Å². The van der Waals surface area contributed by atoms with Gasteiger partial charge >= 0.3 is 0 Å². The quantitative estimate of drug-likeness (QED) is 0.674. The number of carbonyl (C=O) groups excluding carboxylic acids is 1. The van der Waals surface area contributed by atoms with Gasteiger partial charge in [-0.3, -0.25) is 4.79 Å². The smallest absolute Gasteiger partial charge is 0.279 e. The molecule has 0 fully saturated rings. The van der Waals surface area contributed by atoms with E-state index in [0.29, 0.717) is 17.0 Å². The number of nitrogens with zero attached hydrogens (tertiary/aromatic N) is 3. The van der Waals surface area contributed by atoms with Crippen molar-refractivity contribution >= 4 is 36.2 Å². The van der Waals surface area contributed by atoms with Crippen LogP contribution in [0.15, 0.2) is 42.5 Å². The third kappa shape index (κ3) is 2.63. The summed E-state index contributed by atoms with van der Waals surface area (Å²) in [5, 5.41) is 0. The van der Waals surface area contributed by atoms with E-state index in [1.807, 2.05) is 25.1 Å². The fourth-order valence-electron chi connectivity index (χ4n) is 2.20. The van der Waals surface area contributed by atoms with E-state index in [4.69, 9.17) is 17.0 Å². The highest BCUT2D eigenvalue weighted by atomic mass is 35.5. The maximum absolute atomic E-state index is 12.7. The molecule has 0 saturated carbocycles. The first-order valence-electron chi connectivity index (χ1n) is 6.38. The molecule has 0 amide bonds. The van der Waals surface area contributed by atoms with Gasteiger partial charge < -0.3 is 4.74 Å². The molecule has 5 nitrogen and oxygen atoms in total. The number of aryl methyl sites for hydroxylation is 1. The lowest BCUT2D eigenvalue weighted by Gasteiger charge is -2.08. The zero-order valence-electron chi connectivity index (χ0n) is 12.0. The van der Waals surface area contributed by atoms with Crippen molar-refractivity contribution in [2.45, 2.75) is 6.92 Å². The van der Waals surface area contributed by atoms with Crippen LogP contribution in [0.3, 0.4) is 0 Å². The number of hydrogen-bond acceptors (Lipinski definition) is 4. The summed E-state index contributed by atoms with van der Waals surface area (Å²) < 4.78 is 8.46. The van der Waals surface area contributed by atoms with Crippen LogP contribution >= 0.6 is 24.6 Å². The Morgan fingerprint density at radius 2 is 1.86 bits per heavy atom. The van der Waals surface area contributed by atoms with Gasteiger partial charge in [0, 0.05) is 11.3 Å². The predicted octanol–water partition coefficient (Wildman–Crippen LogP) is 3.29. The van der Waals surface area contributed by atoms with Crippen molar-refractivity contribution in [3.63, 3.8) is 0 Å². The van der Waals surface area contributed by atoms with Crippen molar-refractivity contribution in [2.24, 2.45) is 0 Å². The highest BCUT2D eigenvalue weighted by molar-refractivity contribution is 7.71. The van der Waals surface area contributed by atoms with Gasteiger partial charge in [0.2, 0.25) is 4.77 Å². The first-order valence-corrected chi connectivity index (χ1v) is 6.79. The predicted molar refractivity (Wildman–Crippen MR) is 88.7 cm³/mol. The van der Waals surface area contributed by atoms with Crippen molar-refractivity contribution in [1.29, 1.82) is 0 Å². The molecular weight excluding hydrogens is 322 g/mol. The highest BCUT2D eigenvalue weighted by Crippen LogP contribution is 2.14. The molecule has 0 aliphatic heterocycles. The van der Waals surface area contributed by atoms with Gasteiger partial charge in [-0.25, -0.2) is 4.52 Å². The SMILES string of the molecule is COc1ccc(C(=O)n2c(=S)nc3cccc(C)n32)cc1.Cl. The molecule has 0 N–H and O–H groups in total. The van der Waals surface area contributed by atoms with E-state index >= 15 is 0 Å². The van der Waals surface area contributed by atoms with Crippen LogP contribution < -0.4 is 4.74 Å². The van der Waals surface area contributed by atoms with Crippen molar-refractivity contribution in [3.8, 4) is 5.75 Å². The Hall–Kier alpha value is -2.18. The van der Waals surface area contributed by atoms with Gasteiger partial charge in [0.05, 0.1) is 7.11 Å². The standard InChI is InChI=1S/C15H13N3O2S.ClH/c1-10-4-3-5-13-16-15(21)18(17(10)13)14(19)11-6-8-12(20-2)9-7-11;/h3-9H,1-2H3;1H. The molecule has 0 aliphatic carbocycles. The number of fused-ring (bicyclic) bond motifs is 1. The first-order chi connectivity index (χ1) is 10.1. The molecule has 0 saturated heterocycles. The van der Waals surface area contributed by atoms with E-state index in [9.17, 15) is 4.79 Å². The molecule has 3 aromatic rings. The van der Waals surface area contributed by atoms with E-state index < -0.39 is 0 Å². The number of pyridine rings is 1. The zero-order valence-corrected chi connectivity index (χ0v) is 13.6. The summed E-state index contributed by atoms with van der Waals surface area (Å²) >= 11 is 5.22. The van der Waals surface area contributed by atoms with Gasteiger partial charge in [-0.1, -0.05) is 6.07 Å². The minimum Gasteiger partial charge on any atom is -0.497 e. The minimum absolute atomic E-state index is 0. The normalized spacial score (nSPS) is 10.3. The molecule has 0 spiro atoms. The van der Waals surface area contributed by atoms with E-state index in [1.54, 1.807) is 35.9 Å². The van der Waals surface area contributed by atoms with Gasteiger partial charge in [0.1, 0.15) is 5.75 Å². The number of rotatable bonds is 2. The number of ether oxygens (including phenoxy) is 1. The number of benzene rings is 1. The third-order valence-corrected chi connectivity index (χ3v) is 3.52. The fraction of sp³-hybridized carbons (Fsp3) is 0.133. The Labute approximate surface area is 138 Å². The van der Waals surface area contributed by atoms with Crippen LogP contribution in [0.1, 0.15) is 16.1 Å². The average Bonchev–Trinajstić information content (AvgIpc) is 2.84.